The van der Waals surface area contributed by atoms with Gasteiger partial charge in [0.05, 0.1) is 5.69 Å². The summed E-state index contributed by atoms with van der Waals surface area (Å²) in [5.74, 6) is 1.91. The second-order valence-electron chi connectivity index (χ2n) is 5.39. The zero-order chi connectivity index (χ0) is 11.3. The Labute approximate surface area is 94.7 Å². The zero-order valence-electron chi connectivity index (χ0n) is 9.52. The standard InChI is InChI=1S/C13H17NO2/c1-8-4-12(14(16)13(15)5-8)11-7-9-2-3-10(11)6-9/h4-5,9-11,16H,2-3,6-7H2,1H3/t9-,10+,11?/m0/s1. The average Bonchev–Trinajstić information content (AvgIpc) is 2.84. The van der Waals surface area contributed by atoms with Crippen molar-refractivity contribution in [2.75, 3.05) is 0 Å². The van der Waals surface area contributed by atoms with E-state index in [1.54, 1.807) is 0 Å². The third kappa shape index (κ3) is 1.38. The molecule has 0 amide bonds. The maximum Gasteiger partial charge on any atom is 0.283 e. The van der Waals surface area contributed by atoms with E-state index in [9.17, 15) is 10.0 Å². The Hall–Kier alpha value is -1.25. The highest BCUT2D eigenvalue weighted by atomic mass is 16.5. The molecule has 1 aromatic heterocycles. The fraction of sp³-hybridized carbons (Fsp3) is 0.615. The first-order valence-electron chi connectivity index (χ1n) is 6.08. The van der Waals surface area contributed by atoms with E-state index in [0.717, 1.165) is 28.3 Å². The van der Waals surface area contributed by atoms with Crippen molar-refractivity contribution in [1.29, 1.82) is 0 Å². The van der Waals surface area contributed by atoms with E-state index < -0.39 is 0 Å². The van der Waals surface area contributed by atoms with E-state index in [1.165, 1.54) is 25.3 Å². The van der Waals surface area contributed by atoms with Crippen LogP contribution < -0.4 is 5.56 Å². The van der Waals surface area contributed by atoms with Gasteiger partial charge in [0, 0.05) is 12.0 Å². The molecule has 3 atom stereocenters. The molecule has 1 unspecified atom stereocenters. The summed E-state index contributed by atoms with van der Waals surface area (Å²) >= 11 is 0. The van der Waals surface area contributed by atoms with Gasteiger partial charge >= 0.3 is 0 Å². The van der Waals surface area contributed by atoms with Gasteiger partial charge in [-0.15, -0.1) is 0 Å². The Morgan fingerprint density at radius 3 is 2.75 bits per heavy atom. The van der Waals surface area contributed by atoms with Gasteiger partial charge in [0.25, 0.3) is 5.56 Å². The fourth-order valence-electron chi connectivity index (χ4n) is 3.59. The van der Waals surface area contributed by atoms with E-state index in [-0.39, 0.29) is 5.56 Å². The molecule has 1 heterocycles. The topological polar surface area (TPSA) is 42.2 Å². The lowest BCUT2D eigenvalue weighted by Crippen LogP contribution is -2.24. The van der Waals surface area contributed by atoms with Crippen LogP contribution in [0.25, 0.3) is 0 Å². The minimum atomic E-state index is -0.294. The summed E-state index contributed by atoms with van der Waals surface area (Å²) in [6.07, 6.45) is 5.03. The van der Waals surface area contributed by atoms with Gasteiger partial charge in [-0.25, -0.2) is 0 Å². The van der Waals surface area contributed by atoms with E-state index in [0.29, 0.717) is 11.8 Å². The molecule has 2 saturated carbocycles. The number of hydrogen-bond acceptors (Lipinski definition) is 2. The number of rotatable bonds is 1. The van der Waals surface area contributed by atoms with E-state index in [1.807, 2.05) is 13.0 Å². The van der Waals surface area contributed by atoms with Crippen molar-refractivity contribution in [1.82, 2.24) is 4.73 Å². The number of pyridine rings is 1. The molecular formula is C13H17NO2. The minimum absolute atomic E-state index is 0.294. The van der Waals surface area contributed by atoms with Crippen LogP contribution in [0.5, 0.6) is 0 Å². The van der Waals surface area contributed by atoms with Crippen LogP contribution in [0.4, 0.5) is 0 Å². The normalized spacial score (nSPS) is 32.2. The van der Waals surface area contributed by atoms with Gasteiger partial charge in [-0.1, -0.05) is 6.42 Å². The molecule has 1 N–H and O–H groups in total. The molecule has 0 aromatic carbocycles. The van der Waals surface area contributed by atoms with E-state index in [2.05, 4.69) is 0 Å². The summed E-state index contributed by atoms with van der Waals surface area (Å²) in [7, 11) is 0. The Morgan fingerprint density at radius 2 is 2.12 bits per heavy atom. The van der Waals surface area contributed by atoms with Crippen LogP contribution in [0.3, 0.4) is 0 Å². The summed E-state index contributed by atoms with van der Waals surface area (Å²) < 4.78 is 0.859. The SMILES string of the molecule is Cc1cc(C2C[C@H]3CC[C@@H]2C3)n(O)c(=O)c1. The lowest BCUT2D eigenvalue weighted by atomic mass is 9.86. The average molecular weight is 219 g/mol. The molecule has 0 radical (unpaired) electrons. The molecular weight excluding hydrogens is 202 g/mol. The molecule has 3 rings (SSSR count). The monoisotopic (exact) mass is 219 g/mol. The van der Waals surface area contributed by atoms with Crippen molar-refractivity contribution >= 4 is 0 Å². The Balaban J connectivity index is 2.04. The first-order valence-corrected chi connectivity index (χ1v) is 6.08. The molecule has 2 fully saturated rings. The van der Waals surface area contributed by atoms with Crippen LogP contribution in [0.1, 0.15) is 42.9 Å². The molecule has 86 valence electrons. The molecule has 2 aliphatic carbocycles. The third-order valence-corrected chi connectivity index (χ3v) is 4.30. The summed E-state index contributed by atoms with van der Waals surface area (Å²) in [6.45, 7) is 1.91. The summed E-state index contributed by atoms with van der Waals surface area (Å²) in [6, 6.07) is 3.45. The Bertz CT molecular complexity index is 477. The van der Waals surface area contributed by atoms with Crippen LogP contribution in [0.15, 0.2) is 16.9 Å². The lowest BCUT2D eigenvalue weighted by molar-refractivity contribution is 0.155. The largest absolute Gasteiger partial charge is 0.425 e. The highest BCUT2D eigenvalue weighted by Gasteiger charge is 2.41. The second-order valence-corrected chi connectivity index (χ2v) is 5.39. The molecule has 0 aliphatic heterocycles. The van der Waals surface area contributed by atoms with Gasteiger partial charge in [-0.3, -0.25) is 4.79 Å². The summed E-state index contributed by atoms with van der Waals surface area (Å²) in [5.41, 5.74) is 1.49. The second kappa shape index (κ2) is 3.37. The van der Waals surface area contributed by atoms with Crippen LogP contribution in [-0.2, 0) is 0 Å². The molecule has 1 aromatic rings. The van der Waals surface area contributed by atoms with Gasteiger partial charge in [0.1, 0.15) is 0 Å². The maximum atomic E-state index is 11.5. The number of aromatic nitrogens is 1. The van der Waals surface area contributed by atoms with Crippen LogP contribution >= 0.6 is 0 Å². The van der Waals surface area contributed by atoms with Crippen molar-refractivity contribution in [2.24, 2.45) is 11.8 Å². The van der Waals surface area contributed by atoms with E-state index >= 15 is 0 Å². The highest BCUT2D eigenvalue weighted by molar-refractivity contribution is 5.21. The maximum absolute atomic E-state index is 11.5. The van der Waals surface area contributed by atoms with Gasteiger partial charge < -0.3 is 5.21 Å². The van der Waals surface area contributed by atoms with E-state index in [4.69, 9.17) is 0 Å². The number of nitrogens with zero attached hydrogens (tertiary/aromatic N) is 1. The smallest absolute Gasteiger partial charge is 0.283 e. The molecule has 2 aliphatic rings. The predicted octanol–water partition coefficient (Wildman–Crippen LogP) is 2.30. The molecule has 16 heavy (non-hydrogen) atoms. The lowest BCUT2D eigenvalue weighted by Gasteiger charge is -2.23. The predicted molar refractivity (Wildman–Crippen MR) is 60.8 cm³/mol. The van der Waals surface area contributed by atoms with Crippen LogP contribution in [0.2, 0.25) is 0 Å². The first-order chi connectivity index (χ1) is 7.65. The third-order valence-electron chi connectivity index (χ3n) is 4.30. The number of aryl methyl sites for hydroxylation is 1. The van der Waals surface area contributed by atoms with Gasteiger partial charge in [-0.2, -0.15) is 4.73 Å². The van der Waals surface area contributed by atoms with Crippen molar-refractivity contribution < 1.29 is 5.21 Å². The Morgan fingerprint density at radius 1 is 1.31 bits per heavy atom. The molecule has 0 saturated heterocycles. The first kappa shape index (κ1) is 9.94. The number of hydrogen-bond donors (Lipinski definition) is 1. The highest BCUT2D eigenvalue weighted by Crippen LogP contribution is 2.52. The zero-order valence-corrected chi connectivity index (χ0v) is 9.52. The fourth-order valence-corrected chi connectivity index (χ4v) is 3.59. The van der Waals surface area contributed by atoms with Crippen LogP contribution in [0, 0.1) is 18.8 Å². The molecule has 0 spiro atoms. The molecule has 3 heteroatoms. The number of fused-ring (bicyclic) bond motifs is 2. The van der Waals surface area contributed by atoms with Gasteiger partial charge in [0.2, 0.25) is 0 Å². The quantitative estimate of drug-likeness (QED) is 0.736. The van der Waals surface area contributed by atoms with Crippen molar-refractivity contribution in [2.45, 2.75) is 38.5 Å². The van der Waals surface area contributed by atoms with Crippen molar-refractivity contribution in [3.8, 4) is 0 Å². The minimum Gasteiger partial charge on any atom is -0.425 e. The summed E-state index contributed by atoms with van der Waals surface area (Å²) in [5, 5.41) is 9.81. The van der Waals surface area contributed by atoms with Crippen molar-refractivity contribution in [3.63, 3.8) is 0 Å². The molecule has 2 bridgehead atoms. The van der Waals surface area contributed by atoms with Crippen molar-refractivity contribution in [3.05, 3.63) is 33.7 Å². The van der Waals surface area contributed by atoms with Crippen LogP contribution in [-0.4, -0.2) is 9.94 Å². The van der Waals surface area contributed by atoms with Gasteiger partial charge in [0.15, 0.2) is 0 Å². The summed E-state index contributed by atoms with van der Waals surface area (Å²) in [4.78, 5) is 11.5. The molecule has 3 nitrogen and oxygen atoms in total. The Kier molecular flexibility index (Phi) is 2.09. The van der Waals surface area contributed by atoms with Gasteiger partial charge in [-0.05, 0) is 49.7 Å².